The maximum absolute atomic E-state index is 13.2. The summed E-state index contributed by atoms with van der Waals surface area (Å²) >= 11 is 0. The molecule has 6 heteroatoms. The molecule has 2 rings (SSSR count). The highest BCUT2D eigenvalue weighted by atomic mass is 19.1. The van der Waals surface area contributed by atoms with Crippen LogP contribution in [0.25, 0.3) is 0 Å². The summed E-state index contributed by atoms with van der Waals surface area (Å²) in [5, 5.41) is 5.79. The molecule has 1 fully saturated rings. The van der Waals surface area contributed by atoms with Crippen molar-refractivity contribution < 1.29 is 18.7 Å². The smallest absolute Gasteiger partial charge is 0.407 e. The zero-order valence-electron chi connectivity index (χ0n) is 14.4. The fraction of sp³-hybridized carbons (Fsp3) is 0.556. The van der Waals surface area contributed by atoms with Gasteiger partial charge in [-0.3, -0.25) is 4.79 Å². The third kappa shape index (κ3) is 5.83. The molecule has 0 atom stereocenters. The Bertz CT molecular complexity index is 590. The molecule has 1 aromatic carbocycles. The minimum absolute atomic E-state index is 0.0393. The van der Waals surface area contributed by atoms with E-state index in [9.17, 15) is 14.0 Å². The van der Waals surface area contributed by atoms with Crippen molar-refractivity contribution in [1.82, 2.24) is 10.6 Å². The summed E-state index contributed by atoms with van der Waals surface area (Å²) in [5.41, 5.74) is -0.191. The molecule has 0 saturated heterocycles. The first-order chi connectivity index (χ1) is 11.2. The minimum Gasteiger partial charge on any atom is -0.444 e. The van der Waals surface area contributed by atoms with Crippen molar-refractivity contribution in [2.75, 3.05) is 0 Å². The molecular weight excluding hydrogens is 311 g/mol. The maximum Gasteiger partial charge on any atom is 0.407 e. The molecule has 1 aromatic rings. The van der Waals surface area contributed by atoms with Gasteiger partial charge in [0.25, 0.3) is 5.91 Å². The van der Waals surface area contributed by atoms with Crippen molar-refractivity contribution in [3.05, 3.63) is 35.6 Å². The lowest BCUT2D eigenvalue weighted by molar-refractivity contribution is 0.0488. The van der Waals surface area contributed by atoms with Gasteiger partial charge >= 0.3 is 6.09 Å². The van der Waals surface area contributed by atoms with Crippen LogP contribution in [0.3, 0.4) is 0 Å². The highest BCUT2D eigenvalue weighted by Crippen LogP contribution is 2.20. The van der Waals surface area contributed by atoms with E-state index in [-0.39, 0.29) is 18.0 Å². The topological polar surface area (TPSA) is 67.4 Å². The maximum atomic E-state index is 13.2. The highest BCUT2D eigenvalue weighted by molar-refractivity contribution is 5.94. The van der Waals surface area contributed by atoms with Gasteiger partial charge in [0, 0.05) is 17.6 Å². The predicted molar refractivity (Wildman–Crippen MR) is 89.3 cm³/mol. The second-order valence-corrected chi connectivity index (χ2v) is 7.18. The van der Waals surface area contributed by atoms with E-state index in [0.29, 0.717) is 5.56 Å². The lowest BCUT2D eigenvalue weighted by atomic mass is 9.91. The predicted octanol–water partition coefficient (Wildman–Crippen LogP) is 3.39. The molecule has 132 valence electrons. The van der Waals surface area contributed by atoms with Crippen LogP contribution in [0.1, 0.15) is 56.8 Å². The highest BCUT2D eigenvalue weighted by Gasteiger charge is 2.25. The van der Waals surface area contributed by atoms with Gasteiger partial charge in [-0.25, -0.2) is 9.18 Å². The minimum atomic E-state index is -0.514. The van der Waals surface area contributed by atoms with E-state index >= 15 is 0 Å². The van der Waals surface area contributed by atoms with E-state index in [1.807, 2.05) is 20.8 Å². The second-order valence-electron chi connectivity index (χ2n) is 7.18. The van der Waals surface area contributed by atoms with Crippen molar-refractivity contribution in [1.29, 1.82) is 0 Å². The first-order valence-electron chi connectivity index (χ1n) is 8.29. The number of amides is 2. The third-order valence-corrected chi connectivity index (χ3v) is 3.87. The van der Waals surface area contributed by atoms with E-state index < -0.39 is 17.5 Å². The second kappa shape index (κ2) is 7.64. The summed E-state index contributed by atoms with van der Waals surface area (Å²) in [7, 11) is 0. The normalized spacial score (nSPS) is 21.0. The lowest BCUT2D eigenvalue weighted by Crippen LogP contribution is -2.45. The Balaban J connectivity index is 1.76. The average molecular weight is 336 g/mol. The number of nitrogens with one attached hydrogen (secondary N) is 2. The number of carbonyl (C=O) groups is 2. The number of hydrogen-bond donors (Lipinski definition) is 2. The van der Waals surface area contributed by atoms with Gasteiger partial charge in [-0.05, 0) is 64.7 Å². The number of rotatable bonds is 3. The molecule has 2 N–H and O–H groups in total. The van der Waals surface area contributed by atoms with Gasteiger partial charge in [0.15, 0.2) is 0 Å². The Hall–Kier alpha value is -2.11. The zero-order chi connectivity index (χ0) is 17.7. The first-order valence-corrected chi connectivity index (χ1v) is 8.29. The standard InChI is InChI=1S/C18H25FN2O3/c1-18(2,3)24-17(23)21-15-9-7-14(8-10-15)20-16(22)12-5-4-6-13(19)11-12/h4-6,11,14-15H,7-10H2,1-3H3,(H,20,22)(H,21,23). The molecule has 0 radical (unpaired) electrons. The average Bonchev–Trinajstić information content (AvgIpc) is 2.47. The van der Waals surface area contributed by atoms with Gasteiger partial charge in [-0.2, -0.15) is 0 Å². The summed E-state index contributed by atoms with van der Waals surface area (Å²) in [5.74, 6) is -0.689. The Kier molecular flexibility index (Phi) is 5.80. The van der Waals surface area contributed by atoms with E-state index in [2.05, 4.69) is 10.6 Å². The molecule has 0 bridgehead atoms. The molecule has 0 aromatic heterocycles. The van der Waals surface area contributed by atoms with Crippen LogP contribution < -0.4 is 10.6 Å². The number of halogens is 1. The molecular formula is C18H25FN2O3. The summed E-state index contributed by atoms with van der Waals surface area (Å²) in [4.78, 5) is 23.9. The van der Waals surface area contributed by atoms with Gasteiger partial charge in [0.05, 0.1) is 0 Å². The fourth-order valence-corrected chi connectivity index (χ4v) is 2.75. The van der Waals surface area contributed by atoms with Crippen LogP contribution >= 0.6 is 0 Å². The third-order valence-electron chi connectivity index (χ3n) is 3.87. The SMILES string of the molecule is CC(C)(C)OC(=O)NC1CCC(NC(=O)c2cccc(F)c2)CC1. The largest absolute Gasteiger partial charge is 0.444 e. The van der Waals surface area contributed by atoms with Gasteiger partial charge in [0.1, 0.15) is 11.4 Å². The summed E-state index contributed by atoms with van der Waals surface area (Å²) in [6.07, 6.45) is 2.67. The van der Waals surface area contributed by atoms with Gasteiger partial charge in [-0.1, -0.05) is 6.07 Å². The van der Waals surface area contributed by atoms with Crippen LogP contribution in [-0.2, 0) is 4.74 Å². The monoisotopic (exact) mass is 336 g/mol. The number of hydrogen-bond acceptors (Lipinski definition) is 3. The first kappa shape index (κ1) is 18.2. The van der Waals surface area contributed by atoms with Crippen molar-refractivity contribution in [2.45, 2.75) is 64.1 Å². The quantitative estimate of drug-likeness (QED) is 0.889. The Morgan fingerprint density at radius 2 is 1.67 bits per heavy atom. The number of carbonyl (C=O) groups excluding carboxylic acids is 2. The van der Waals surface area contributed by atoms with Crippen LogP contribution in [0.2, 0.25) is 0 Å². The molecule has 0 spiro atoms. The zero-order valence-corrected chi connectivity index (χ0v) is 14.4. The van der Waals surface area contributed by atoms with Crippen LogP contribution in [0, 0.1) is 5.82 Å². The number of alkyl carbamates (subject to hydrolysis) is 1. The molecule has 5 nitrogen and oxygen atoms in total. The molecule has 0 aliphatic heterocycles. The van der Waals surface area contributed by atoms with Crippen molar-refractivity contribution in [3.63, 3.8) is 0 Å². The molecule has 0 heterocycles. The molecule has 1 aliphatic rings. The Morgan fingerprint density at radius 1 is 1.08 bits per heavy atom. The van der Waals surface area contributed by atoms with Crippen LogP contribution in [0.15, 0.2) is 24.3 Å². The fourth-order valence-electron chi connectivity index (χ4n) is 2.75. The molecule has 0 unspecified atom stereocenters. The van der Waals surface area contributed by atoms with Crippen LogP contribution in [-0.4, -0.2) is 29.7 Å². The van der Waals surface area contributed by atoms with E-state index in [1.165, 1.54) is 18.2 Å². The van der Waals surface area contributed by atoms with Crippen LogP contribution in [0.4, 0.5) is 9.18 Å². The van der Waals surface area contributed by atoms with Gasteiger partial charge < -0.3 is 15.4 Å². The van der Waals surface area contributed by atoms with E-state index in [0.717, 1.165) is 25.7 Å². The van der Waals surface area contributed by atoms with Crippen molar-refractivity contribution in [3.8, 4) is 0 Å². The van der Waals surface area contributed by atoms with Gasteiger partial charge in [-0.15, -0.1) is 0 Å². The van der Waals surface area contributed by atoms with Crippen molar-refractivity contribution >= 4 is 12.0 Å². The van der Waals surface area contributed by atoms with E-state index in [4.69, 9.17) is 4.74 Å². The van der Waals surface area contributed by atoms with Crippen molar-refractivity contribution in [2.24, 2.45) is 0 Å². The lowest BCUT2D eigenvalue weighted by Gasteiger charge is -2.30. The molecule has 1 aliphatic carbocycles. The molecule has 2 amide bonds. The van der Waals surface area contributed by atoms with Gasteiger partial charge in [0.2, 0.25) is 0 Å². The number of ether oxygens (including phenoxy) is 1. The summed E-state index contributed by atoms with van der Waals surface area (Å²) in [6, 6.07) is 5.75. The van der Waals surface area contributed by atoms with E-state index in [1.54, 1.807) is 6.07 Å². The molecule has 24 heavy (non-hydrogen) atoms. The molecule has 1 saturated carbocycles. The van der Waals surface area contributed by atoms with Crippen LogP contribution in [0.5, 0.6) is 0 Å². The Morgan fingerprint density at radius 3 is 2.21 bits per heavy atom. The number of benzene rings is 1. The Labute approximate surface area is 142 Å². The summed E-state index contributed by atoms with van der Waals surface area (Å²) in [6.45, 7) is 5.47. The summed E-state index contributed by atoms with van der Waals surface area (Å²) < 4.78 is 18.4.